The summed E-state index contributed by atoms with van der Waals surface area (Å²) in [4.78, 5) is 36.2. The van der Waals surface area contributed by atoms with Gasteiger partial charge in [0.25, 0.3) is 5.69 Å². The van der Waals surface area contributed by atoms with Crippen LogP contribution in [0.2, 0.25) is 0 Å². The maximum absolute atomic E-state index is 12.2. The van der Waals surface area contributed by atoms with Crippen molar-refractivity contribution in [2.24, 2.45) is 0 Å². The van der Waals surface area contributed by atoms with Crippen LogP contribution in [0.1, 0.15) is 27.2 Å². The number of nitrogens with zero attached hydrogens (tertiary/aromatic N) is 2. The number of nitrogens with one attached hydrogen (secondary N) is 2. The Labute approximate surface area is 145 Å². The van der Waals surface area contributed by atoms with E-state index in [2.05, 4.69) is 10.6 Å². The predicted octanol–water partition coefficient (Wildman–Crippen LogP) is 2.12. The van der Waals surface area contributed by atoms with Crippen molar-refractivity contribution in [1.29, 1.82) is 0 Å². The second-order valence-electron chi connectivity index (χ2n) is 6.82. The number of rotatable bonds is 4. The van der Waals surface area contributed by atoms with Crippen LogP contribution in [0.4, 0.5) is 16.2 Å². The Morgan fingerprint density at radius 1 is 1.40 bits per heavy atom. The molecule has 0 aromatic heterocycles. The van der Waals surface area contributed by atoms with Gasteiger partial charge in [-0.3, -0.25) is 14.9 Å². The minimum absolute atomic E-state index is 0.00860. The summed E-state index contributed by atoms with van der Waals surface area (Å²) in [5, 5.41) is 16.1. The van der Waals surface area contributed by atoms with Crippen LogP contribution in [0.15, 0.2) is 18.2 Å². The highest BCUT2D eigenvalue weighted by Crippen LogP contribution is 2.29. The molecule has 0 saturated carbocycles. The second kappa shape index (κ2) is 6.96. The fraction of sp³-hybridized carbons (Fsp3) is 0.500. The number of anilines is 1. The lowest BCUT2D eigenvalue weighted by Gasteiger charge is -2.32. The molecule has 1 fully saturated rings. The van der Waals surface area contributed by atoms with Gasteiger partial charge in [0, 0.05) is 24.6 Å². The number of urea groups is 1. The van der Waals surface area contributed by atoms with Crippen molar-refractivity contribution in [3.05, 3.63) is 28.3 Å². The molecule has 0 spiro atoms. The van der Waals surface area contributed by atoms with E-state index in [1.54, 1.807) is 4.90 Å². The van der Waals surface area contributed by atoms with Crippen LogP contribution in [0.3, 0.4) is 0 Å². The number of amides is 3. The van der Waals surface area contributed by atoms with Crippen molar-refractivity contribution in [2.45, 2.75) is 38.8 Å². The molecule has 0 bridgehead atoms. The first-order valence-corrected chi connectivity index (χ1v) is 7.82. The monoisotopic (exact) mass is 350 g/mol. The zero-order chi connectivity index (χ0) is 18.8. The normalized spacial score (nSPS) is 17.4. The number of carbonyl (C=O) groups excluding carboxylic acids is 2. The summed E-state index contributed by atoms with van der Waals surface area (Å²) in [5.74, 6) is 0.175. The van der Waals surface area contributed by atoms with Crippen molar-refractivity contribution in [1.82, 2.24) is 10.2 Å². The summed E-state index contributed by atoms with van der Waals surface area (Å²) in [7, 11) is 1.36. The highest BCUT2D eigenvalue weighted by atomic mass is 16.6. The number of non-ortho nitro benzene ring substituents is 1. The van der Waals surface area contributed by atoms with Crippen LogP contribution in [0, 0.1) is 10.1 Å². The largest absolute Gasteiger partial charge is 0.494 e. The number of nitro benzene ring substituents is 1. The van der Waals surface area contributed by atoms with E-state index in [-0.39, 0.29) is 35.3 Å². The Bertz CT molecular complexity index is 698. The average molecular weight is 350 g/mol. The number of likely N-dealkylation sites (tertiary alicyclic amines) is 1. The summed E-state index contributed by atoms with van der Waals surface area (Å²) < 4.78 is 5.08. The molecule has 0 aliphatic carbocycles. The van der Waals surface area contributed by atoms with Crippen molar-refractivity contribution in [3.8, 4) is 5.75 Å². The van der Waals surface area contributed by atoms with Gasteiger partial charge in [-0.2, -0.15) is 0 Å². The van der Waals surface area contributed by atoms with Gasteiger partial charge >= 0.3 is 6.03 Å². The molecule has 0 radical (unpaired) electrons. The van der Waals surface area contributed by atoms with Crippen molar-refractivity contribution in [2.75, 3.05) is 19.0 Å². The average Bonchev–Trinajstić information content (AvgIpc) is 2.87. The minimum Gasteiger partial charge on any atom is -0.494 e. The van der Waals surface area contributed by atoms with Gasteiger partial charge in [-0.15, -0.1) is 0 Å². The number of hydrogen-bond acceptors (Lipinski definition) is 5. The van der Waals surface area contributed by atoms with E-state index in [0.717, 1.165) is 0 Å². The van der Waals surface area contributed by atoms with Gasteiger partial charge in [0.2, 0.25) is 5.91 Å². The molecule has 1 aliphatic rings. The molecular formula is C16H22N4O5. The Kier molecular flexibility index (Phi) is 5.15. The molecule has 1 saturated heterocycles. The molecule has 1 aliphatic heterocycles. The zero-order valence-corrected chi connectivity index (χ0v) is 14.7. The van der Waals surface area contributed by atoms with E-state index in [4.69, 9.17) is 4.74 Å². The highest BCUT2D eigenvalue weighted by Gasteiger charge is 2.36. The molecule has 1 aromatic rings. The van der Waals surface area contributed by atoms with E-state index in [1.165, 1.54) is 25.3 Å². The number of ether oxygens (including phenoxy) is 1. The lowest BCUT2D eigenvalue weighted by Crippen LogP contribution is -2.45. The molecule has 1 aromatic carbocycles. The molecule has 2 rings (SSSR count). The van der Waals surface area contributed by atoms with Gasteiger partial charge in [-0.1, -0.05) is 0 Å². The van der Waals surface area contributed by atoms with Gasteiger partial charge in [-0.25, -0.2) is 4.79 Å². The maximum atomic E-state index is 12.2. The van der Waals surface area contributed by atoms with Crippen molar-refractivity contribution in [3.63, 3.8) is 0 Å². The standard InChI is InChI=1S/C16H22N4O5/c1-16(2,3)19-9-10(7-14(19)21)17-15(22)18-12-6-5-11(20(23)24)8-13(12)25-4/h5-6,8,10H,7,9H2,1-4H3,(H2,17,18,22). The third-order valence-electron chi connectivity index (χ3n) is 3.91. The summed E-state index contributed by atoms with van der Waals surface area (Å²) in [5.41, 5.74) is -0.126. The Balaban J connectivity index is 2.02. The molecular weight excluding hydrogens is 328 g/mol. The van der Waals surface area contributed by atoms with Crippen LogP contribution < -0.4 is 15.4 Å². The number of carbonyl (C=O) groups is 2. The summed E-state index contributed by atoms with van der Waals surface area (Å²) in [6.45, 7) is 6.26. The summed E-state index contributed by atoms with van der Waals surface area (Å²) in [6.07, 6.45) is 0.238. The number of hydrogen-bond donors (Lipinski definition) is 2. The van der Waals surface area contributed by atoms with Gasteiger partial charge in [0.1, 0.15) is 5.75 Å². The molecule has 9 heteroatoms. The third-order valence-corrected chi connectivity index (χ3v) is 3.91. The number of nitro groups is 1. The predicted molar refractivity (Wildman–Crippen MR) is 91.7 cm³/mol. The third kappa shape index (κ3) is 4.37. The second-order valence-corrected chi connectivity index (χ2v) is 6.82. The Morgan fingerprint density at radius 2 is 2.08 bits per heavy atom. The molecule has 1 unspecified atom stereocenters. The first-order valence-electron chi connectivity index (χ1n) is 7.82. The highest BCUT2D eigenvalue weighted by molar-refractivity contribution is 5.92. The fourth-order valence-electron chi connectivity index (χ4n) is 2.69. The van der Waals surface area contributed by atoms with E-state index < -0.39 is 11.0 Å². The number of benzene rings is 1. The lowest BCUT2D eigenvalue weighted by molar-refractivity contribution is -0.384. The molecule has 9 nitrogen and oxygen atoms in total. The van der Waals surface area contributed by atoms with Gasteiger partial charge < -0.3 is 20.3 Å². The smallest absolute Gasteiger partial charge is 0.319 e. The molecule has 136 valence electrons. The van der Waals surface area contributed by atoms with Crippen LogP contribution in [0.5, 0.6) is 5.75 Å². The van der Waals surface area contributed by atoms with E-state index >= 15 is 0 Å². The summed E-state index contributed by atoms with van der Waals surface area (Å²) >= 11 is 0. The molecule has 1 heterocycles. The topological polar surface area (TPSA) is 114 Å². The summed E-state index contributed by atoms with van der Waals surface area (Å²) in [6, 6.07) is 3.11. The molecule has 3 amide bonds. The van der Waals surface area contributed by atoms with Crippen molar-refractivity contribution < 1.29 is 19.2 Å². The van der Waals surface area contributed by atoms with Crippen LogP contribution in [-0.4, -0.2) is 47.0 Å². The molecule has 2 N–H and O–H groups in total. The minimum atomic E-state index is -0.544. The molecule has 1 atom stereocenters. The van der Waals surface area contributed by atoms with Crippen molar-refractivity contribution >= 4 is 23.3 Å². The SMILES string of the molecule is COc1cc([N+](=O)[O-])ccc1NC(=O)NC1CC(=O)N(C(C)(C)C)C1. The van der Waals surface area contributed by atoms with E-state index in [9.17, 15) is 19.7 Å². The molecule has 25 heavy (non-hydrogen) atoms. The first kappa shape index (κ1) is 18.5. The lowest BCUT2D eigenvalue weighted by atomic mass is 10.1. The maximum Gasteiger partial charge on any atom is 0.319 e. The van der Waals surface area contributed by atoms with Gasteiger partial charge in [0.15, 0.2) is 0 Å². The Hall–Kier alpha value is -2.84. The number of methoxy groups -OCH3 is 1. The fourth-order valence-corrected chi connectivity index (χ4v) is 2.69. The van der Waals surface area contributed by atoms with Crippen LogP contribution in [-0.2, 0) is 4.79 Å². The van der Waals surface area contributed by atoms with Crippen LogP contribution in [0.25, 0.3) is 0 Å². The first-order chi connectivity index (χ1) is 11.6. The Morgan fingerprint density at radius 3 is 2.60 bits per heavy atom. The quantitative estimate of drug-likeness (QED) is 0.638. The van der Waals surface area contributed by atoms with E-state index in [1.807, 2.05) is 20.8 Å². The van der Waals surface area contributed by atoms with Crippen LogP contribution >= 0.6 is 0 Å². The van der Waals surface area contributed by atoms with Gasteiger partial charge in [-0.05, 0) is 26.8 Å². The van der Waals surface area contributed by atoms with E-state index in [0.29, 0.717) is 12.2 Å². The van der Waals surface area contributed by atoms with Gasteiger partial charge in [0.05, 0.1) is 29.8 Å². The zero-order valence-electron chi connectivity index (χ0n) is 14.7.